The first kappa shape index (κ1) is 39.4. The minimum absolute atomic E-state index is 0.0262. The van der Waals surface area contributed by atoms with Gasteiger partial charge in [-0.05, 0) is 175 Å². The highest BCUT2D eigenvalue weighted by molar-refractivity contribution is 7.00. The monoisotopic (exact) mass is 866 g/mol. The third kappa shape index (κ3) is 6.65. The second-order valence-electron chi connectivity index (χ2n) is 23.7. The summed E-state index contributed by atoms with van der Waals surface area (Å²) in [7, 11) is 0. The number of rotatable bonds is 4. The van der Waals surface area contributed by atoms with E-state index in [4.69, 9.17) is 0 Å². The van der Waals surface area contributed by atoms with Crippen LogP contribution in [0.3, 0.4) is 0 Å². The topological polar surface area (TPSA) is 6.48 Å². The van der Waals surface area contributed by atoms with E-state index in [0.717, 1.165) is 76.4 Å². The van der Waals surface area contributed by atoms with Crippen LogP contribution in [0.25, 0.3) is 22.3 Å². The van der Waals surface area contributed by atoms with Gasteiger partial charge in [-0.15, -0.1) is 0 Å². The lowest BCUT2D eigenvalue weighted by Crippen LogP contribution is -2.62. The highest BCUT2D eigenvalue weighted by Crippen LogP contribution is 2.53. The van der Waals surface area contributed by atoms with E-state index in [1.54, 1.807) is 0 Å². The van der Waals surface area contributed by atoms with Gasteiger partial charge in [0, 0.05) is 38.1 Å². The predicted molar refractivity (Wildman–Crippen MR) is 285 cm³/mol. The molecule has 2 heterocycles. The largest absolute Gasteiger partial charge is 0.311 e. The van der Waals surface area contributed by atoms with Crippen molar-refractivity contribution in [2.75, 3.05) is 9.80 Å². The molecule has 66 heavy (non-hydrogen) atoms. The smallest absolute Gasteiger partial charge is 0.252 e. The molecule has 0 unspecified atom stereocenters. The van der Waals surface area contributed by atoms with E-state index in [1.165, 1.54) is 49.9 Å². The zero-order valence-corrected chi connectivity index (χ0v) is 41.1. The molecule has 2 nitrogen and oxygen atoms in total. The van der Waals surface area contributed by atoms with Crippen molar-refractivity contribution in [3.8, 4) is 22.3 Å². The maximum atomic E-state index is 9.20. The molecule has 0 N–H and O–H groups in total. The average Bonchev–Trinajstić information content (AvgIpc) is 3.31. The molecule has 2 aliphatic carbocycles. The summed E-state index contributed by atoms with van der Waals surface area (Å²) in [4.78, 5) is 4.89. The van der Waals surface area contributed by atoms with Crippen LogP contribution >= 0.6 is 0 Å². The van der Waals surface area contributed by atoms with Gasteiger partial charge in [0.2, 0.25) is 0 Å². The number of hydrogen-bond acceptors (Lipinski definition) is 2. The summed E-state index contributed by atoms with van der Waals surface area (Å²) in [5.74, 6) is 0. The maximum Gasteiger partial charge on any atom is 0.252 e. The normalized spacial score (nSPS) is 19.0. The third-order valence-corrected chi connectivity index (χ3v) is 16.4. The summed E-state index contributed by atoms with van der Waals surface area (Å²) in [6, 6.07) is 51.8. The van der Waals surface area contributed by atoms with Crippen LogP contribution in [-0.2, 0) is 27.1 Å². The minimum Gasteiger partial charge on any atom is -0.311 e. The van der Waals surface area contributed by atoms with Gasteiger partial charge in [-0.3, -0.25) is 0 Å². The van der Waals surface area contributed by atoms with Crippen molar-refractivity contribution in [2.45, 2.75) is 136 Å². The molecule has 0 aromatic heterocycles. The van der Waals surface area contributed by atoms with Gasteiger partial charge in [0.1, 0.15) is 0 Å². The first-order chi connectivity index (χ1) is 32.4. The summed E-state index contributed by atoms with van der Waals surface area (Å²) in [5.41, 5.74) is 21.3. The second-order valence-corrected chi connectivity index (χ2v) is 23.7. The average molecular weight is 866 g/mol. The summed E-state index contributed by atoms with van der Waals surface area (Å²) >= 11 is 0. The van der Waals surface area contributed by atoms with Gasteiger partial charge in [-0.25, -0.2) is 0 Å². The van der Waals surface area contributed by atoms with Gasteiger partial charge < -0.3 is 9.80 Å². The van der Waals surface area contributed by atoms with Crippen LogP contribution in [0.15, 0.2) is 140 Å². The summed E-state index contributed by atoms with van der Waals surface area (Å²) < 4.78 is 27.6. The fraction of sp³-hybridized carbons (Fsp3) is 0.333. The van der Waals surface area contributed by atoms with E-state index < -0.39 is 6.85 Å². The summed E-state index contributed by atoms with van der Waals surface area (Å²) in [5, 5.41) is 0. The van der Waals surface area contributed by atoms with E-state index in [9.17, 15) is 4.11 Å². The molecule has 4 aliphatic rings. The lowest BCUT2D eigenvalue weighted by Gasteiger charge is -2.48. The van der Waals surface area contributed by atoms with E-state index in [-0.39, 0.29) is 33.8 Å². The van der Waals surface area contributed by atoms with Gasteiger partial charge in [-0.1, -0.05) is 167 Å². The molecule has 0 amide bonds. The van der Waals surface area contributed by atoms with Crippen LogP contribution in [0.1, 0.15) is 139 Å². The molecule has 0 radical (unpaired) electrons. The van der Waals surface area contributed by atoms with Crippen LogP contribution in [0.2, 0.25) is 0 Å². The van der Waals surface area contributed by atoms with Crippen molar-refractivity contribution in [1.29, 1.82) is 0 Å². The van der Waals surface area contributed by atoms with Crippen molar-refractivity contribution < 1.29 is 4.11 Å². The molecular weight excluding hydrogens is 796 g/mol. The Bertz CT molecular complexity index is 3210. The first-order valence-electron chi connectivity index (χ1n) is 26.0. The van der Waals surface area contributed by atoms with E-state index in [1.807, 2.05) is 12.1 Å². The lowest BCUT2D eigenvalue weighted by atomic mass is 9.33. The lowest BCUT2D eigenvalue weighted by molar-refractivity contribution is 0.332. The fourth-order valence-corrected chi connectivity index (χ4v) is 12.2. The molecule has 332 valence electrons. The summed E-state index contributed by atoms with van der Waals surface area (Å²) in [6.07, 6.45) is 4.41. The number of benzene rings is 7. The van der Waals surface area contributed by atoms with E-state index >= 15 is 0 Å². The van der Waals surface area contributed by atoms with Gasteiger partial charge in [0.25, 0.3) is 6.71 Å². The Labute approximate surface area is 400 Å². The van der Waals surface area contributed by atoms with Crippen LogP contribution in [-0.4, -0.2) is 6.71 Å². The molecule has 0 saturated carbocycles. The summed E-state index contributed by atoms with van der Waals surface area (Å²) in [6.45, 7) is 23.5. The fourth-order valence-electron chi connectivity index (χ4n) is 12.2. The Balaban J connectivity index is 1.30. The highest BCUT2D eigenvalue weighted by Gasteiger charge is 2.47. The molecule has 0 spiro atoms. The maximum absolute atomic E-state index is 9.20. The van der Waals surface area contributed by atoms with Crippen LogP contribution in [0, 0.1) is 6.85 Å². The predicted octanol–water partition coefficient (Wildman–Crippen LogP) is 15.4. The van der Waals surface area contributed by atoms with Crippen molar-refractivity contribution in [3.05, 3.63) is 173 Å². The number of nitrogens with zero attached hydrogens (tertiary/aromatic N) is 2. The Morgan fingerprint density at radius 2 is 1.00 bits per heavy atom. The molecule has 3 heteroatoms. The van der Waals surface area contributed by atoms with E-state index in [0.29, 0.717) is 5.56 Å². The van der Waals surface area contributed by atoms with E-state index in [2.05, 4.69) is 213 Å². The second kappa shape index (κ2) is 14.6. The third-order valence-electron chi connectivity index (χ3n) is 16.4. The Morgan fingerprint density at radius 1 is 0.455 bits per heavy atom. The van der Waals surface area contributed by atoms with Crippen LogP contribution in [0.4, 0.5) is 34.1 Å². The Kier molecular flexibility index (Phi) is 8.71. The molecule has 7 aromatic rings. The number of fused-ring (bicyclic) bond motifs is 6. The molecule has 0 saturated heterocycles. The van der Waals surface area contributed by atoms with Crippen molar-refractivity contribution in [2.24, 2.45) is 0 Å². The molecule has 0 fully saturated rings. The Hall–Kier alpha value is -5.80. The quantitative estimate of drug-likeness (QED) is 0.163. The van der Waals surface area contributed by atoms with Gasteiger partial charge in [-0.2, -0.15) is 0 Å². The van der Waals surface area contributed by atoms with Gasteiger partial charge >= 0.3 is 0 Å². The van der Waals surface area contributed by atoms with Crippen LogP contribution in [0.5, 0.6) is 0 Å². The minimum atomic E-state index is -2.38. The van der Waals surface area contributed by atoms with Gasteiger partial charge in [0.05, 0.1) is 5.69 Å². The zero-order chi connectivity index (χ0) is 48.8. The molecular formula is C63H67BN2. The highest BCUT2D eigenvalue weighted by atomic mass is 15.2. The standard InChI is InChI=1S/C63H67BN2/c1-40-33-56-58-57(34-40)66(53-28-24-44(59(2,3)4)36-46(53)42-21-17-14-18-22-42)55-39-50-49(62(9,10)31-32-63(50,11)12)38-52(55)64(58)51-35-43(41-19-15-13-16-20-41)23-27-54(51)65(56)45-25-26-47-48(37-45)61(7,8)30-29-60(47,5)6/h13-28,33-39H,29-32H2,1-12H3/i1D3. The van der Waals surface area contributed by atoms with Crippen molar-refractivity contribution in [3.63, 3.8) is 0 Å². The van der Waals surface area contributed by atoms with Crippen molar-refractivity contribution >= 4 is 57.2 Å². The number of aryl methyl sites for hydroxylation is 1. The number of hydrogen-bond donors (Lipinski definition) is 0. The molecule has 0 atom stereocenters. The zero-order valence-electron chi connectivity index (χ0n) is 44.1. The Morgan fingerprint density at radius 3 is 1.62 bits per heavy atom. The number of anilines is 6. The molecule has 2 aliphatic heterocycles. The van der Waals surface area contributed by atoms with Crippen molar-refractivity contribution in [1.82, 2.24) is 0 Å². The van der Waals surface area contributed by atoms with Gasteiger partial charge in [0.15, 0.2) is 0 Å². The first-order valence-corrected chi connectivity index (χ1v) is 24.5. The SMILES string of the molecule is [2H]C([2H])([2H])c1cc2c3c(c1)N(c1ccc(C(C)(C)C)cc1-c1ccccc1)c1cc4c(cc1B3c1cc(-c3ccccc3)ccc1N2c1ccc2c(c1)C(C)(C)CCC2(C)C)C(C)(C)CCC4(C)C. The van der Waals surface area contributed by atoms with Crippen LogP contribution < -0.4 is 26.2 Å². The molecule has 0 bridgehead atoms. The molecule has 11 rings (SSSR count). The molecule has 7 aromatic carbocycles.